The number of aromatic hydroxyl groups is 1. The third-order valence-electron chi connectivity index (χ3n) is 3.74. The average Bonchev–Trinajstić information content (AvgIpc) is 3.05. The van der Waals surface area contributed by atoms with E-state index >= 15 is 0 Å². The number of esters is 1. The van der Waals surface area contributed by atoms with Gasteiger partial charge in [0.25, 0.3) is 5.89 Å². The molecule has 0 saturated carbocycles. The van der Waals surface area contributed by atoms with Crippen LogP contribution in [0.2, 0.25) is 0 Å². The van der Waals surface area contributed by atoms with Gasteiger partial charge in [-0.2, -0.15) is 0 Å². The summed E-state index contributed by atoms with van der Waals surface area (Å²) < 4.78 is 10.9. The second-order valence-electron chi connectivity index (χ2n) is 5.88. The summed E-state index contributed by atoms with van der Waals surface area (Å²) in [4.78, 5) is 12.2. The third kappa shape index (κ3) is 3.68. The molecular formula is C19H18N2O4. The molecule has 0 aliphatic carbocycles. The highest BCUT2D eigenvalue weighted by molar-refractivity contribution is 5.92. The van der Waals surface area contributed by atoms with Crippen molar-refractivity contribution in [3.8, 4) is 17.2 Å². The van der Waals surface area contributed by atoms with Crippen molar-refractivity contribution in [2.24, 2.45) is 0 Å². The Morgan fingerprint density at radius 1 is 1.08 bits per heavy atom. The minimum absolute atomic E-state index is 0.0933. The smallest absolute Gasteiger partial charge is 0.342 e. The molecule has 6 nitrogen and oxygen atoms in total. The van der Waals surface area contributed by atoms with Crippen molar-refractivity contribution < 1.29 is 19.1 Å². The molecule has 2 aromatic carbocycles. The number of carbonyl (C=O) groups excluding carboxylic acids is 1. The fourth-order valence-corrected chi connectivity index (χ4v) is 2.30. The van der Waals surface area contributed by atoms with E-state index < -0.39 is 12.1 Å². The van der Waals surface area contributed by atoms with Crippen LogP contribution in [0.3, 0.4) is 0 Å². The van der Waals surface area contributed by atoms with E-state index in [0.29, 0.717) is 5.89 Å². The molecule has 0 radical (unpaired) electrons. The zero-order chi connectivity index (χ0) is 18.0. The molecule has 0 aliphatic rings. The molecule has 0 amide bonds. The number of benzene rings is 2. The van der Waals surface area contributed by atoms with Crippen LogP contribution in [-0.4, -0.2) is 21.3 Å². The highest BCUT2D eigenvalue weighted by Gasteiger charge is 2.21. The molecule has 1 aromatic heterocycles. The molecule has 3 aromatic rings. The molecular weight excluding hydrogens is 320 g/mol. The van der Waals surface area contributed by atoms with E-state index in [1.807, 2.05) is 38.1 Å². The Kier molecular flexibility index (Phi) is 4.52. The summed E-state index contributed by atoms with van der Waals surface area (Å²) in [6, 6.07) is 12.4. The van der Waals surface area contributed by atoms with Gasteiger partial charge in [-0.25, -0.2) is 4.79 Å². The van der Waals surface area contributed by atoms with E-state index in [1.54, 1.807) is 13.0 Å². The lowest BCUT2D eigenvalue weighted by molar-refractivity contribution is 0.0277. The SMILES string of the molecule is Cc1ccc(-c2nnc([C@@H](C)OC(=O)c3ccc(C)cc3O)o2)cc1. The minimum atomic E-state index is -0.736. The van der Waals surface area contributed by atoms with Crippen molar-refractivity contribution in [1.82, 2.24) is 10.2 Å². The van der Waals surface area contributed by atoms with E-state index in [1.165, 1.54) is 12.1 Å². The largest absolute Gasteiger partial charge is 0.507 e. The van der Waals surface area contributed by atoms with Gasteiger partial charge in [-0.15, -0.1) is 10.2 Å². The van der Waals surface area contributed by atoms with Gasteiger partial charge in [-0.1, -0.05) is 23.8 Å². The Morgan fingerprint density at radius 3 is 2.44 bits per heavy atom. The number of hydrogen-bond donors (Lipinski definition) is 1. The molecule has 25 heavy (non-hydrogen) atoms. The van der Waals surface area contributed by atoms with E-state index in [2.05, 4.69) is 10.2 Å². The van der Waals surface area contributed by atoms with Gasteiger partial charge in [0.05, 0.1) is 0 Å². The summed E-state index contributed by atoms with van der Waals surface area (Å²) in [7, 11) is 0. The number of aryl methyl sites for hydroxylation is 2. The van der Waals surface area contributed by atoms with E-state index in [4.69, 9.17) is 9.15 Å². The van der Waals surface area contributed by atoms with Crippen LogP contribution in [0.15, 0.2) is 46.9 Å². The van der Waals surface area contributed by atoms with Crippen molar-refractivity contribution in [1.29, 1.82) is 0 Å². The van der Waals surface area contributed by atoms with E-state index in [-0.39, 0.29) is 17.2 Å². The van der Waals surface area contributed by atoms with Crippen LogP contribution in [0, 0.1) is 13.8 Å². The number of phenols is 1. The van der Waals surface area contributed by atoms with Crippen LogP contribution >= 0.6 is 0 Å². The Balaban J connectivity index is 1.74. The van der Waals surface area contributed by atoms with Crippen LogP contribution in [0.25, 0.3) is 11.5 Å². The van der Waals surface area contributed by atoms with Crippen molar-refractivity contribution in [2.75, 3.05) is 0 Å². The predicted octanol–water partition coefficient (Wildman–Crippen LogP) is 3.98. The maximum absolute atomic E-state index is 12.2. The molecule has 0 fully saturated rings. The Bertz CT molecular complexity index is 900. The van der Waals surface area contributed by atoms with Gasteiger partial charge in [0.1, 0.15) is 11.3 Å². The lowest BCUT2D eigenvalue weighted by Gasteiger charge is -2.10. The number of aromatic nitrogens is 2. The second-order valence-corrected chi connectivity index (χ2v) is 5.88. The van der Waals surface area contributed by atoms with Gasteiger partial charge >= 0.3 is 5.97 Å². The number of phenolic OH excluding ortho intramolecular Hbond substituents is 1. The average molecular weight is 338 g/mol. The molecule has 3 rings (SSSR count). The number of carbonyl (C=O) groups is 1. The maximum Gasteiger partial charge on any atom is 0.342 e. The van der Waals surface area contributed by atoms with Crippen LogP contribution in [0.5, 0.6) is 5.75 Å². The fourth-order valence-electron chi connectivity index (χ4n) is 2.30. The van der Waals surface area contributed by atoms with Gasteiger partial charge in [0.15, 0.2) is 6.10 Å². The number of hydrogen-bond acceptors (Lipinski definition) is 6. The quantitative estimate of drug-likeness (QED) is 0.724. The topological polar surface area (TPSA) is 85.5 Å². The van der Waals surface area contributed by atoms with Crippen molar-refractivity contribution in [3.05, 3.63) is 65.0 Å². The highest BCUT2D eigenvalue weighted by atomic mass is 16.6. The maximum atomic E-state index is 12.2. The zero-order valence-electron chi connectivity index (χ0n) is 14.2. The van der Waals surface area contributed by atoms with Gasteiger partial charge < -0.3 is 14.3 Å². The predicted molar refractivity (Wildman–Crippen MR) is 91.1 cm³/mol. The van der Waals surface area contributed by atoms with Crippen LogP contribution in [0.4, 0.5) is 0 Å². The molecule has 1 N–H and O–H groups in total. The van der Waals surface area contributed by atoms with E-state index in [9.17, 15) is 9.90 Å². The van der Waals surface area contributed by atoms with E-state index in [0.717, 1.165) is 16.7 Å². The Labute approximate surface area is 145 Å². The van der Waals surface area contributed by atoms with Crippen molar-refractivity contribution in [2.45, 2.75) is 26.9 Å². The zero-order valence-corrected chi connectivity index (χ0v) is 14.2. The molecule has 0 saturated heterocycles. The highest BCUT2D eigenvalue weighted by Crippen LogP contribution is 2.25. The number of nitrogens with zero attached hydrogens (tertiary/aromatic N) is 2. The third-order valence-corrected chi connectivity index (χ3v) is 3.74. The second kappa shape index (κ2) is 6.76. The number of rotatable bonds is 4. The molecule has 1 atom stereocenters. The summed E-state index contributed by atoms with van der Waals surface area (Å²) in [5.41, 5.74) is 2.86. The van der Waals surface area contributed by atoms with Gasteiger partial charge in [-0.3, -0.25) is 0 Å². The lowest BCUT2D eigenvalue weighted by atomic mass is 10.1. The van der Waals surface area contributed by atoms with Gasteiger partial charge in [-0.05, 0) is 50.6 Å². The first kappa shape index (κ1) is 16.7. The van der Waals surface area contributed by atoms with Crippen molar-refractivity contribution in [3.63, 3.8) is 0 Å². The summed E-state index contributed by atoms with van der Waals surface area (Å²) in [6.07, 6.45) is -0.736. The first-order chi connectivity index (χ1) is 11.9. The summed E-state index contributed by atoms with van der Waals surface area (Å²) in [5.74, 6) is -0.227. The van der Waals surface area contributed by atoms with Gasteiger partial charge in [0.2, 0.25) is 5.89 Å². The summed E-state index contributed by atoms with van der Waals surface area (Å²) >= 11 is 0. The molecule has 1 heterocycles. The van der Waals surface area contributed by atoms with Crippen molar-refractivity contribution >= 4 is 5.97 Å². The van der Waals surface area contributed by atoms with Crippen LogP contribution in [-0.2, 0) is 4.74 Å². The van der Waals surface area contributed by atoms with Gasteiger partial charge in [0, 0.05) is 5.56 Å². The molecule has 6 heteroatoms. The number of ether oxygens (including phenoxy) is 1. The standard InChI is InChI=1S/C19H18N2O4/c1-11-4-7-14(8-5-11)18-21-20-17(25-18)13(3)24-19(23)15-9-6-12(2)10-16(15)22/h4-10,13,22H,1-3H3/t13-/m1/s1. The monoisotopic (exact) mass is 338 g/mol. The molecule has 0 bridgehead atoms. The normalized spacial score (nSPS) is 12.0. The van der Waals surface area contributed by atoms with Crippen LogP contribution < -0.4 is 0 Å². The fraction of sp³-hybridized carbons (Fsp3) is 0.211. The molecule has 128 valence electrons. The lowest BCUT2D eigenvalue weighted by Crippen LogP contribution is -2.10. The molecule has 0 spiro atoms. The summed E-state index contributed by atoms with van der Waals surface area (Å²) in [6.45, 7) is 5.45. The minimum Gasteiger partial charge on any atom is -0.507 e. The van der Waals surface area contributed by atoms with Crippen LogP contribution in [0.1, 0.15) is 40.4 Å². The first-order valence-corrected chi connectivity index (χ1v) is 7.85. The molecule has 0 unspecified atom stereocenters. The summed E-state index contributed by atoms with van der Waals surface area (Å²) in [5, 5.41) is 17.8. The molecule has 0 aliphatic heterocycles. The first-order valence-electron chi connectivity index (χ1n) is 7.85. The Morgan fingerprint density at radius 2 is 1.76 bits per heavy atom. The Hall–Kier alpha value is -3.15.